The third kappa shape index (κ3) is 3.20. The molecular weight excluding hydrogens is 292 g/mol. The van der Waals surface area contributed by atoms with Gasteiger partial charge in [-0.25, -0.2) is 8.42 Å². The highest BCUT2D eigenvalue weighted by Crippen LogP contribution is 2.25. The van der Waals surface area contributed by atoms with Gasteiger partial charge in [0.2, 0.25) is 0 Å². The number of nitrogens with one attached hydrogen (secondary N) is 1. The fourth-order valence-electron chi connectivity index (χ4n) is 1.77. The maximum absolute atomic E-state index is 12.5. The van der Waals surface area contributed by atoms with Crippen molar-refractivity contribution < 1.29 is 8.42 Å². The molecule has 0 unspecified atom stereocenters. The molecule has 1 aromatic heterocycles. The van der Waals surface area contributed by atoms with Crippen LogP contribution in [0.15, 0.2) is 46.7 Å². The van der Waals surface area contributed by atoms with Gasteiger partial charge in [0.25, 0.3) is 10.0 Å². The number of rotatable bonds is 6. The normalized spacial score (nSPS) is 11.5. The summed E-state index contributed by atoms with van der Waals surface area (Å²) in [6, 6.07) is 10.8. The standard InChI is InChI=1S/C14H18N2O2S2/c1-3-15-10-13-9-14(11-19-13)20(17,18)16(2)12-7-5-4-6-8-12/h4-9,11,15H,3,10H2,1-2H3. The van der Waals surface area contributed by atoms with E-state index in [2.05, 4.69) is 5.32 Å². The van der Waals surface area contributed by atoms with Crippen LogP contribution >= 0.6 is 11.3 Å². The Morgan fingerprint density at radius 1 is 1.25 bits per heavy atom. The molecule has 0 aliphatic rings. The number of para-hydroxylation sites is 1. The number of anilines is 1. The lowest BCUT2D eigenvalue weighted by atomic mass is 10.3. The van der Waals surface area contributed by atoms with Gasteiger partial charge >= 0.3 is 0 Å². The zero-order valence-electron chi connectivity index (χ0n) is 11.5. The smallest absolute Gasteiger partial charge is 0.264 e. The van der Waals surface area contributed by atoms with E-state index in [-0.39, 0.29) is 0 Å². The van der Waals surface area contributed by atoms with Crippen molar-refractivity contribution in [3.8, 4) is 0 Å². The monoisotopic (exact) mass is 310 g/mol. The molecule has 0 saturated heterocycles. The fourth-order valence-corrected chi connectivity index (χ4v) is 4.20. The van der Waals surface area contributed by atoms with Crippen LogP contribution in [-0.2, 0) is 16.6 Å². The third-order valence-corrected chi connectivity index (χ3v) is 5.81. The van der Waals surface area contributed by atoms with Crippen LogP contribution in [0.5, 0.6) is 0 Å². The second kappa shape index (κ2) is 6.39. The van der Waals surface area contributed by atoms with Gasteiger partial charge in [0.05, 0.1) is 10.6 Å². The van der Waals surface area contributed by atoms with Crippen molar-refractivity contribution in [1.29, 1.82) is 0 Å². The maximum atomic E-state index is 12.5. The molecule has 20 heavy (non-hydrogen) atoms. The first-order valence-corrected chi connectivity index (χ1v) is 8.69. The van der Waals surface area contributed by atoms with E-state index in [1.807, 2.05) is 25.1 Å². The lowest BCUT2D eigenvalue weighted by Gasteiger charge is -2.18. The van der Waals surface area contributed by atoms with Crippen molar-refractivity contribution >= 4 is 27.0 Å². The van der Waals surface area contributed by atoms with Crippen LogP contribution in [-0.4, -0.2) is 22.0 Å². The van der Waals surface area contributed by atoms with Gasteiger partial charge in [0.15, 0.2) is 0 Å². The van der Waals surface area contributed by atoms with Gasteiger partial charge < -0.3 is 5.32 Å². The highest BCUT2D eigenvalue weighted by atomic mass is 32.2. The zero-order chi connectivity index (χ0) is 14.6. The predicted molar refractivity (Wildman–Crippen MR) is 83.7 cm³/mol. The minimum absolute atomic E-state index is 0.349. The number of nitrogens with zero attached hydrogens (tertiary/aromatic N) is 1. The van der Waals surface area contributed by atoms with Crippen LogP contribution in [0.1, 0.15) is 11.8 Å². The van der Waals surface area contributed by atoms with E-state index in [1.165, 1.54) is 15.6 Å². The Labute approximate surface area is 124 Å². The molecule has 0 spiro atoms. The molecule has 0 fully saturated rings. The summed E-state index contributed by atoms with van der Waals surface area (Å²) >= 11 is 1.46. The van der Waals surface area contributed by atoms with E-state index < -0.39 is 10.0 Å². The summed E-state index contributed by atoms with van der Waals surface area (Å²) in [5.41, 5.74) is 0.659. The molecule has 2 rings (SSSR count). The van der Waals surface area contributed by atoms with E-state index in [0.29, 0.717) is 17.1 Å². The Kier molecular flexibility index (Phi) is 4.80. The van der Waals surface area contributed by atoms with Crippen LogP contribution in [0.4, 0.5) is 5.69 Å². The minimum atomic E-state index is -3.48. The first-order valence-electron chi connectivity index (χ1n) is 6.38. The maximum Gasteiger partial charge on any atom is 0.264 e. The van der Waals surface area contributed by atoms with Crippen molar-refractivity contribution in [2.24, 2.45) is 0 Å². The van der Waals surface area contributed by atoms with Crippen LogP contribution in [0, 0.1) is 0 Å². The van der Waals surface area contributed by atoms with Gasteiger partial charge in [0, 0.05) is 23.8 Å². The molecule has 0 aliphatic heterocycles. The van der Waals surface area contributed by atoms with Crippen LogP contribution in [0.25, 0.3) is 0 Å². The second-order valence-electron chi connectivity index (χ2n) is 4.34. The van der Waals surface area contributed by atoms with Gasteiger partial charge in [-0.15, -0.1) is 11.3 Å². The molecule has 4 nitrogen and oxygen atoms in total. The van der Waals surface area contributed by atoms with E-state index >= 15 is 0 Å². The molecule has 0 radical (unpaired) electrons. The molecular formula is C14H18N2O2S2. The van der Waals surface area contributed by atoms with E-state index in [1.54, 1.807) is 30.6 Å². The van der Waals surface area contributed by atoms with Gasteiger partial charge in [-0.1, -0.05) is 25.1 Å². The first kappa shape index (κ1) is 15.0. The van der Waals surface area contributed by atoms with Crippen LogP contribution < -0.4 is 9.62 Å². The Morgan fingerprint density at radius 3 is 2.60 bits per heavy atom. The fraction of sp³-hybridized carbons (Fsp3) is 0.286. The van der Waals surface area contributed by atoms with Crippen LogP contribution in [0.3, 0.4) is 0 Å². The third-order valence-electron chi connectivity index (χ3n) is 2.96. The molecule has 1 heterocycles. The lowest BCUT2D eigenvalue weighted by Crippen LogP contribution is -2.26. The highest BCUT2D eigenvalue weighted by molar-refractivity contribution is 7.93. The molecule has 2 aromatic rings. The molecule has 108 valence electrons. The van der Waals surface area contributed by atoms with Crippen molar-refractivity contribution in [3.63, 3.8) is 0 Å². The number of hydrogen-bond acceptors (Lipinski definition) is 4. The zero-order valence-corrected chi connectivity index (χ0v) is 13.2. The van der Waals surface area contributed by atoms with Crippen molar-refractivity contribution in [2.75, 3.05) is 17.9 Å². The summed E-state index contributed by atoms with van der Waals surface area (Å²) < 4.78 is 26.4. The average Bonchev–Trinajstić information content (AvgIpc) is 2.94. The number of benzene rings is 1. The van der Waals surface area contributed by atoms with E-state index in [4.69, 9.17) is 0 Å². The minimum Gasteiger partial charge on any atom is -0.312 e. The van der Waals surface area contributed by atoms with E-state index in [0.717, 1.165) is 11.4 Å². The highest BCUT2D eigenvalue weighted by Gasteiger charge is 2.22. The lowest BCUT2D eigenvalue weighted by molar-refractivity contribution is 0.594. The molecule has 1 aromatic carbocycles. The van der Waals surface area contributed by atoms with E-state index in [9.17, 15) is 8.42 Å². The summed E-state index contributed by atoms with van der Waals surface area (Å²) in [5.74, 6) is 0. The number of sulfonamides is 1. The molecule has 0 bridgehead atoms. The largest absolute Gasteiger partial charge is 0.312 e. The summed E-state index contributed by atoms with van der Waals surface area (Å²) in [5, 5.41) is 4.89. The topological polar surface area (TPSA) is 49.4 Å². The van der Waals surface area contributed by atoms with Crippen molar-refractivity contribution in [3.05, 3.63) is 46.7 Å². The van der Waals surface area contributed by atoms with Gasteiger partial charge in [-0.3, -0.25) is 4.31 Å². The number of thiophene rings is 1. The van der Waals surface area contributed by atoms with Crippen molar-refractivity contribution in [1.82, 2.24) is 5.32 Å². The predicted octanol–water partition coefficient (Wildman–Crippen LogP) is 2.68. The summed E-state index contributed by atoms with van der Waals surface area (Å²) in [6.07, 6.45) is 0. The van der Waals surface area contributed by atoms with Crippen LogP contribution in [0.2, 0.25) is 0 Å². The molecule has 0 saturated carbocycles. The average molecular weight is 310 g/mol. The molecule has 6 heteroatoms. The first-order chi connectivity index (χ1) is 9.55. The second-order valence-corrected chi connectivity index (χ2v) is 7.30. The quantitative estimate of drug-likeness (QED) is 0.892. The molecule has 0 atom stereocenters. The summed E-state index contributed by atoms with van der Waals surface area (Å²) in [6.45, 7) is 3.59. The Bertz CT molecular complexity index is 651. The Hall–Kier alpha value is -1.37. The van der Waals surface area contributed by atoms with Gasteiger partial charge in [-0.05, 0) is 24.7 Å². The molecule has 1 N–H and O–H groups in total. The van der Waals surface area contributed by atoms with Crippen molar-refractivity contribution in [2.45, 2.75) is 18.4 Å². The Balaban J connectivity index is 2.24. The SMILES string of the molecule is CCNCc1cc(S(=O)(=O)N(C)c2ccccc2)cs1. The number of hydrogen-bond donors (Lipinski definition) is 1. The van der Waals surface area contributed by atoms with Gasteiger partial charge in [0.1, 0.15) is 0 Å². The molecule has 0 aliphatic carbocycles. The van der Waals surface area contributed by atoms with Gasteiger partial charge in [-0.2, -0.15) is 0 Å². The molecule has 0 amide bonds. The summed E-state index contributed by atoms with van der Waals surface area (Å²) in [4.78, 5) is 1.37. The Morgan fingerprint density at radius 2 is 1.95 bits per heavy atom. The summed E-state index contributed by atoms with van der Waals surface area (Å²) in [7, 11) is -1.90.